The quantitative estimate of drug-likeness (QED) is 0.715. The van der Waals surface area contributed by atoms with Gasteiger partial charge in [0, 0.05) is 55.6 Å². The van der Waals surface area contributed by atoms with Crippen molar-refractivity contribution in [1.82, 2.24) is 9.97 Å². The summed E-state index contributed by atoms with van der Waals surface area (Å²) in [5.74, 6) is 0.846. The van der Waals surface area contributed by atoms with Gasteiger partial charge in [-0.05, 0) is 25.1 Å². The van der Waals surface area contributed by atoms with Crippen LogP contribution in [0.5, 0.6) is 5.75 Å². The monoisotopic (exact) mass is 338 g/mol. The van der Waals surface area contributed by atoms with Gasteiger partial charge in [-0.15, -0.1) is 0 Å². The maximum atomic E-state index is 12.0. The van der Waals surface area contributed by atoms with Crippen molar-refractivity contribution >= 4 is 22.6 Å². The van der Waals surface area contributed by atoms with E-state index in [9.17, 15) is 9.90 Å². The van der Waals surface area contributed by atoms with E-state index in [0.717, 1.165) is 43.2 Å². The number of aromatic nitrogens is 2. The molecule has 7 nitrogen and oxygen atoms in total. The van der Waals surface area contributed by atoms with Crippen molar-refractivity contribution in [2.75, 3.05) is 36.0 Å². The van der Waals surface area contributed by atoms with Crippen LogP contribution in [0.4, 0.5) is 11.6 Å². The molecule has 1 aliphatic heterocycles. The molecule has 3 heterocycles. The fourth-order valence-electron chi connectivity index (χ4n) is 3.20. The van der Waals surface area contributed by atoms with Gasteiger partial charge in [-0.2, -0.15) is 0 Å². The summed E-state index contributed by atoms with van der Waals surface area (Å²) in [7, 11) is 0. The summed E-state index contributed by atoms with van der Waals surface area (Å²) in [6, 6.07) is 6.75. The molecule has 0 amide bonds. The van der Waals surface area contributed by atoms with Crippen LogP contribution in [0.3, 0.4) is 0 Å². The maximum absolute atomic E-state index is 12.0. The van der Waals surface area contributed by atoms with E-state index in [-0.39, 0.29) is 5.75 Å². The second-order valence-electron chi connectivity index (χ2n) is 6.06. The normalized spacial score (nSPS) is 14.9. The van der Waals surface area contributed by atoms with E-state index in [2.05, 4.69) is 19.8 Å². The summed E-state index contributed by atoms with van der Waals surface area (Å²) in [5, 5.41) is 10.7. The van der Waals surface area contributed by atoms with Gasteiger partial charge in [0.15, 0.2) is 0 Å². The predicted octanol–water partition coefficient (Wildman–Crippen LogP) is 1.92. The summed E-state index contributed by atoms with van der Waals surface area (Å²) in [4.78, 5) is 24.9. The van der Waals surface area contributed by atoms with Gasteiger partial charge in [0.1, 0.15) is 11.3 Å². The number of piperazine rings is 1. The Morgan fingerprint density at radius 2 is 1.76 bits per heavy atom. The van der Waals surface area contributed by atoms with Gasteiger partial charge in [-0.1, -0.05) is 0 Å². The summed E-state index contributed by atoms with van der Waals surface area (Å²) in [6.07, 6.45) is 3.47. The first-order valence-corrected chi connectivity index (χ1v) is 8.17. The SMILES string of the molecule is Cc1c(O)ccc2c(N3CCN(c4ncccn4)CC3)cc(=O)oc12. The average molecular weight is 338 g/mol. The number of hydrogen-bond acceptors (Lipinski definition) is 7. The lowest BCUT2D eigenvalue weighted by molar-refractivity contribution is 0.468. The maximum Gasteiger partial charge on any atom is 0.338 e. The van der Waals surface area contributed by atoms with E-state index >= 15 is 0 Å². The highest BCUT2D eigenvalue weighted by Crippen LogP contribution is 2.32. The number of phenolic OH excluding ortho intramolecular Hbond substituents is 1. The lowest BCUT2D eigenvalue weighted by Crippen LogP contribution is -2.47. The molecule has 4 rings (SSSR count). The van der Waals surface area contributed by atoms with Crippen molar-refractivity contribution < 1.29 is 9.52 Å². The minimum Gasteiger partial charge on any atom is -0.508 e. The Morgan fingerprint density at radius 1 is 1.08 bits per heavy atom. The molecule has 2 aromatic heterocycles. The lowest BCUT2D eigenvalue weighted by atomic mass is 10.1. The molecule has 0 saturated carbocycles. The lowest BCUT2D eigenvalue weighted by Gasteiger charge is -2.36. The zero-order valence-corrected chi connectivity index (χ0v) is 13.8. The first kappa shape index (κ1) is 15.4. The van der Waals surface area contributed by atoms with Crippen molar-refractivity contribution in [1.29, 1.82) is 0 Å². The molecule has 1 fully saturated rings. The van der Waals surface area contributed by atoms with Crippen LogP contribution in [0.2, 0.25) is 0 Å². The van der Waals surface area contributed by atoms with Crippen LogP contribution in [-0.2, 0) is 0 Å². The number of fused-ring (bicyclic) bond motifs is 1. The molecule has 128 valence electrons. The fraction of sp³-hybridized carbons (Fsp3) is 0.278. The van der Waals surface area contributed by atoms with Crippen molar-refractivity contribution in [3.05, 3.63) is 52.6 Å². The van der Waals surface area contributed by atoms with Crippen LogP contribution in [0, 0.1) is 6.92 Å². The number of benzene rings is 1. The molecule has 0 unspecified atom stereocenters. The molecule has 0 spiro atoms. The van der Waals surface area contributed by atoms with Crippen LogP contribution in [-0.4, -0.2) is 41.3 Å². The van der Waals surface area contributed by atoms with Crippen molar-refractivity contribution in [2.24, 2.45) is 0 Å². The standard InChI is InChI=1S/C18H18N4O3/c1-12-15(23)4-3-13-14(11-16(24)25-17(12)13)21-7-9-22(10-8-21)18-19-5-2-6-20-18/h2-6,11,23H,7-10H2,1H3. The molecule has 0 bridgehead atoms. The first-order valence-electron chi connectivity index (χ1n) is 8.17. The van der Waals surface area contributed by atoms with E-state index in [1.54, 1.807) is 37.5 Å². The fourth-order valence-corrected chi connectivity index (χ4v) is 3.20. The summed E-state index contributed by atoms with van der Waals surface area (Å²) < 4.78 is 5.32. The molecule has 0 atom stereocenters. The molecular weight excluding hydrogens is 320 g/mol. The van der Waals surface area contributed by atoms with Crippen molar-refractivity contribution in [3.8, 4) is 5.75 Å². The third kappa shape index (κ3) is 2.77. The third-order valence-corrected chi connectivity index (χ3v) is 4.57. The Hall–Kier alpha value is -3.09. The molecule has 0 radical (unpaired) electrons. The molecule has 3 aromatic rings. The number of aromatic hydroxyl groups is 1. The Labute approximate surface area is 144 Å². The number of phenols is 1. The molecule has 0 aliphatic carbocycles. The van der Waals surface area contributed by atoms with Crippen molar-refractivity contribution in [3.63, 3.8) is 0 Å². The first-order chi connectivity index (χ1) is 12.1. The van der Waals surface area contributed by atoms with Crippen LogP contribution < -0.4 is 15.4 Å². The number of aryl methyl sites for hydroxylation is 1. The highest BCUT2D eigenvalue weighted by molar-refractivity contribution is 5.93. The van der Waals surface area contributed by atoms with E-state index in [1.165, 1.54) is 6.07 Å². The molecule has 1 saturated heterocycles. The average Bonchev–Trinajstić information content (AvgIpc) is 2.65. The van der Waals surface area contributed by atoms with Crippen LogP contribution in [0.1, 0.15) is 5.56 Å². The molecule has 25 heavy (non-hydrogen) atoms. The zero-order chi connectivity index (χ0) is 17.4. The van der Waals surface area contributed by atoms with Gasteiger partial charge in [0.2, 0.25) is 5.95 Å². The van der Waals surface area contributed by atoms with Gasteiger partial charge in [0.05, 0.1) is 5.69 Å². The van der Waals surface area contributed by atoms with E-state index in [0.29, 0.717) is 11.1 Å². The molecule has 1 aromatic carbocycles. The topological polar surface area (TPSA) is 82.7 Å². The van der Waals surface area contributed by atoms with Gasteiger partial charge in [-0.25, -0.2) is 14.8 Å². The molecule has 7 heteroatoms. The largest absolute Gasteiger partial charge is 0.508 e. The number of nitrogens with zero attached hydrogens (tertiary/aromatic N) is 4. The van der Waals surface area contributed by atoms with E-state index in [4.69, 9.17) is 4.42 Å². The van der Waals surface area contributed by atoms with Crippen LogP contribution >= 0.6 is 0 Å². The second-order valence-corrected chi connectivity index (χ2v) is 6.06. The Morgan fingerprint density at radius 3 is 2.48 bits per heavy atom. The Kier molecular flexibility index (Phi) is 3.76. The third-order valence-electron chi connectivity index (χ3n) is 4.57. The number of hydrogen-bond donors (Lipinski definition) is 1. The van der Waals surface area contributed by atoms with Crippen molar-refractivity contribution in [2.45, 2.75) is 6.92 Å². The molecule has 1 aliphatic rings. The van der Waals surface area contributed by atoms with Gasteiger partial charge < -0.3 is 19.3 Å². The van der Waals surface area contributed by atoms with Crippen LogP contribution in [0.25, 0.3) is 11.0 Å². The summed E-state index contributed by atoms with van der Waals surface area (Å²) >= 11 is 0. The second kappa shape index (κ2) is 6.08. The molecule has 1 N–H and O–H groups in total. The van der Waals surface area contributed by atoms with E-state index < -0.39 is 5.63 Å². The smallest absolute Gasteiger partial charge is 0.338 e. The van der Waals surface area contributed by atoms with E-state index in [1.807, 2.05) is 0 Å². The van der Waals surface area contributed by atoms with Gasteiger partial charge in [0.25, 0.3) is 0 Å². The predicted molar refractivity (Wildman–Crippen MR) is 95.3 cm³/mol. The number of rotatable bonds is 2. The summed E-state index contributed by atoms with van der Waals surface area (Å²) in [5.41, 5.74) is 1.44. The Bertz CT molecular complexity index is 963. The highest BCUT2D eigenvalue weighted by atomic mass is 16.4. The minimum absolute atomic E-state index is 0.124. The summed E-state index contributed by atoms with van der Waals surface area (Å²) in [6.45, 7) is 4.77. The number of anilines is 2. The minimum atomic E-state index is -0.412. The van der Waals surface area contributed by atoms with Gasteiger partial charge >= 0.3 is 5.63 Å². The zero-order valence-electron chi connectivity index (χ0n) is 13.8. The Balaban J connectivity index is 1.65. The van der Waals surface area contributed by atoms with Crippen LogP contribution in [0.15, 0.2) is 45.9 Å². The molecular formula is C18H18N4O3. The van der Waals surface area contributed by atoms with Gasteiger partial charge in [-0.3, -0.25) is 0 Å². The highest BCUT2D eigenvalue weighted by Gasteiger charge is 2.22.